The lowest BCUT2D eigenvalue weighted by Gasteiger charge is -2.09. The maximum absolute atomic E-state index is 13.0. The van der Waals surface area contributed by atoms with E-state index in [-0.39, 0.29) is 0 Å². The summed E-state index contributed by atoms with van der Waals surface area (Å²) in [5, 5.41) is 0. The van der Waals surface area contributed by atoms with Crippen LogP contribution in [-0.4, -0.2) is 6.17 Å². The topological polar surface area (TPSA) is 0 Å². The fraction of sp³-hybridized carbons (Fsp3) is 1.00. The summed E-state index contributed by atoms with van der Waals surface area (Å²) >= 11 is 0. The highest BCUT2D eigenvalue weighted by molar-refractivity contribution is 4.57. The van der Waals surface area contributed by atoms with E-state index in [9.17, 15) is 4.39 Å². The quantitative estimate of drug-likeness (QED) is 0.483. The molecule has 0 saturated carbocycles. The van der Waals surface area contributed by atoms with Gasteiger partial charge in [-0.15, -0.1) is 0 Å². The van der Waals surface area contributed by atoms with Crippen molar-refractivity contribution >= 4 is 0 Å². The number of hydrogen-bond acceptors (Lipinski definition) is 0. The first-order valence-corrected chi connectivity index (χ1v) is 5.84. The van der Waals surface area contributed by atoms with E-state index in [0.717, 1.165) is 31.6 Å². The number of halogens is 1. The Balaban J connectivity index is 3.15. The van der Waals surface area contributed by atoms with Crippen LogP contribution in [0.1, 0.15) is 65.7 Å². The van der Waals surface area contributed by atoms with Crippen LogP contribution in [0.25, 0.3) is 0 Å². The predicted octanol–water partition coefficient (Wildman–Crippen LogP) is 4.73. The molecule has 0 aromatic heterocycles. The van der Waals surface area contributed by atoms with Crippen LogP contribution in [0.2, 0.25) is 0 Å². The van der Waals surface area contributed by atoms with Crippen LogP contribution in [0, 0.1) is 5.92 Å². The molecule has 0 saturated heterocycles. The fourth-order valence-electron chi connectivity index (χ4n) is 1.52. The van der Waals surface area contributed by atoms with Gasteiger partial charge >= 0.3 is 0 Å². The molecule has 0 spiro atoms. The van der Waals surface area contributed by atoms with Crippen LogP contribution in [-0.2, 0) is 0 Å². The van der Waals surface area contributed by atoms with Crippen molar-refractivity contribution in [1.82, 2.24) is 0 Å². The molecule has 2 atom stereocenters. The standard InChI is InChI=1S/C12H25F/c1-4-8-12(13)10-7-6-9-11(3)5-2/h11-12H,4-10H2,1-3H3. The maximum atomic E-state index is 13.0. The Kier molecular flexibility index (Phi) is 8.48. The normalized spacial score (nSPS) is 15.7. The van der Waals surface area contributed by atoms with Gasteiger partial charge < -0.3 is 0 Å². The number of unbranched alkanes of at least 4 members (excludes halogenated alkanes) is 1. The lowest BCUT2D eigenvalue weighted by atomic mass is 9.99. The zero-order chi connectivity index (χ0) is 10.1. The fourth-order valence-corrected chi connectivity index (χ4v) is 1.52. The van der Waals surface area contributed by atoms with Crippen molar-refractivity contribution in [3.05, 3.63) is 0 Å². The van der Waals surface area contributed by atoms with Crippen molar-refractivity contribution < 1.29 is 4.39 Å². The van der Waals surface area contributed by atoms with Crippen molar-refractivity contribution in [1.29, 1.82) is 0 Å². The molecule has 0 amide bonds. The van der Waals surface area contributed by atoms with Crippen molar-refractivity contribution in [2.24, 2.45) is 5.92 Å². The van der Waals surface area contributed by atoms with Crippen molar-refractivity contribution in [3.63, 3.8) is 0 Å². The van der Waals surface area contributed by atoms with Gasteiger partial charge in [0.15, 0.2) is 0 Å². The highest BCUT2D eigenvalue weighted by Gasteiger charge is 2.04. The Hall–Kier alpha value is -0.0700. The Morgan fingerprint density at radius 1 is 1.00 bits per heavy atom. The van der Waals surface area contributed by atoms with Crippen molar-refractivity contribution in [2.45, 2.75) is 71.9 Å². The van der Waals surface area contributed by atoms with E-state index in [1.54, 1.807) is 0 Å². The van der Waals surface area contributed by atoms with E-state index >= 15 is 0 Å². The first-order chi connectivity index (χ1) is 6.20. The average molecular weight is 188 g/mol. The Bertz CT molecular complexity index is 101. The largest absolute Gasteiger partial charge is 0.247 e. The molecule has 0 fully saturated rings. The summed E-state index contributed by atoms with van der Waals surface area (Å²) in [6, 6.07) is 0. The molecule has 0 rings (SSSR count). The summed E-state index contributed by atoms with van der Waals surface area (Å²) in [5.41, 5.74) is 0. The van der Waals surface area contributed by atoms with Gasteiger partial charge in [0.25, 0.3) is 0 Å². The molecule has 0 nitrogen and oxygen atoms in total. The van der Waals surface area contributed by atoms with Gasteiger partial charge in [-0.2, -0.15) is 0 Å². The molecule has 0 heterocycles. The third kappa shape index (κ3) is 8.27. The SMILES string of the molecule is CCCC(F)CCCCC(C)CC. The molecule has 0 aromatic rings. The minimum Gasteiger partial charge on any atom is -0.247 e. The monoisotopic (exact) mass is 188 g/mol. The zero-order valence-corrected chi connectivity index (χ0v) is 9.48. The van der Waals surface area contributed by atoms with Crippen LogP contribution in [0.15, 0.2) is 0 Å². The van der Waals surface area contributed by atoms with Gasteiger partial charge in [-0.05, 0) is 18.8 Å². The van der Waals surface area contributed by atoms with Gasteiger partial charge in [-0.1, -0.05) is 52.9 Å². The molecule has 0 N–H and O–H groups in total. The van der Waals surface area contributed by atoms with E-state index in [1.165, 1.54) is 19.3 Å². The molecule has 0 radical (unpaired) electrons. The van der Waals surface area contributed by atoms with Crippen LogP contribution in [0.3, 0.4) is 0 Å². The molecule has 80 valence electrons. The van der Waals surface area contributed by atoms with Crippen molar-refractivity contribution in [2.75, 3.05) is 0 Å². The molecule has 0 aliphatic carbocycles. The van der Waals surface area contributed by atoms with Gasteiger partial charge in [0.1, 0.15) is 6.17 Å². The lowest BCUT2D eigenvalue weighted by Crippen LogP contribution is -1.99. The van der Waals surface area contributed by atoms with Gasteiger partial charge in [-0.3, -0.25) is 0 Å². The zero-order valence-electron chi connectivity index (χ0n) is 9.48. The molecular weight excluding hydrogens is 163 g/mol. The summed E-state index contributed by atoms with van der Waals surface area (Å²) in [6.07, 6.45) is 6.79. The van der Waals surface area contributed by atoms with Crippen LogP contribution < -0.4 is 0 Å². The molecule has 1 heteroatoms. The highest BCUT2D eigenvalue weighted by Crippen LogP contribution is 2.15. The second kappa shape index (κ2) is 8.52. The minimum absolute atomic E-state index is 0.540. The summed E-state index contributed by atoms with van der Waals surface area (Å²) in [6.45, 7) is 6.55. The van der Waals surface area contributed by atoms with E-state index in [4.69, 9.17) is 0 Å². The first kappa shape index (κ1) is 12.9. The van der Waals surface area contributed by atoms with Gasteiger partial charge in [-0.25, -0.2) is 4.39 Å². The van der Waals surface area contributed by atoms with E-state index in [0.29, 0.717) is 0 Å². The number of alkyl halides is 1. The molecule has 0 aliphatic heterocycles. The highest BCUT2D eigenvalue weighted by atomic mass is 19.1. The van der Waals surface area contributed by atoms with Crippen molar-refractivity contribution in [3.8, 4) is 0 Å². The summed E-state index contributed by atoms with van der Waals surface area (Å²) < 4.78 is 13.0. The third-order valence-corrected chi connectivity index (χ3v) is 2.76. The molecule has 0 aliphatic rings. The van der Waals surface area contributed by atoms with Gasteiger partial charge in [0.2, 0.25) is 0 Å². The second-order valence-electron chi connectivity index (χ2n) is 4.18. The first-order valence-electron chi connectivity index (χ1n) is 5.84. The maximum Gasteiger partial charge on any atom is 0.100 e. The molecule has 0 aromatic carbocycles. The number of hydrogen-bond donors (Lipinski definition) is 0. The van der Waals surface area contributed by atoms with E-state index in [1.807, 2.05) is 6.92 Å². The molecule has 0 bridgehead atoms. The molecular formula is C12H25F. The van der Waals surface area contributed by atoms with E-state index in [2.05, 4.69) is 13.8 Å². The molecule has 13 heavy (non-hydrogen) atoms. The van der Waals surface area contributed by atoms with Gasteiger partial charge in [0.05, 0.1) is 0 Å². The van der Waals surface area contributed by atoms with Crippen LogP contribution in [0.5, 0.6) is 0 Å². The van der Waals surface area contributed by atoms with E-state index < -0.39 is 6.17 Å². The minimum atomic E-state index is -0.540. The Morgan fingerprint density at radius 3 is 2.15 bits per heavy atom. The summed E-state index contributed by atoms with van der Waals surface area (Å²) in [4.78, 5) is 0. The second-order valence-corrected chi connectivity index (χ2v) is 4.18. The van der Waals surface area contributed by atoms with Crippen LogP contribution in [0.4, 0.5) is 4.39 Å². The summed E-state index contributed by atoms with van der Waals surface area (Å²) in [7, 11) is 0. The lowest BCUT2D eigenvalue weighted by molar-refractivity contribution is 0.283. The molecule has 2 unspecified atom stereocenters. The predicted molar refractivity (Wildman–Crippen MR) is 57.7 cm³/mol. The summed E-state index contributed by atoms with van der Waals surface area (Å²) in [5.74, 6) is 0.823. The Labute approximate surface area is 82.9 Å². The van der Waals surface area contributed by atoms with Gasteiger partial charge in [0, 0.05) is 0 Å². The average Bonchev–Trinajstić information content (AvgIpc) is 2.12. The van der Waals surface area contributed by atoms with Crippen LogP contribution >= 0.6 is 0 Å². The Morgan fingerprint density at radius 2 is 1.62 bits per heavy atom. The smallest absolute Gasteiger partial charge is 0.100 e. The third-order valence-electron chi connectivity index (χ3n) is 2.76. The number of rotatable bonds is 8.